The van der Waals surface area contributed by atoms with Gasteiger partial charge < -0.3 is 15.5 Å². The summed E-state index contributed by atoms with van der Waals surface area (Å²) < 4.78 is 0. The van der Waals surface area contributed by atoms with Gasteiger partial charge in [-0.1, -0.05) is 12.1 Å². The highest BCUT2D eigenvalue weighted by molar-refractivity contribution is 8.93. The van der Waals surface area contributed by atoms with E-state index >= 15 is 0 Å². The minimum atomic E-state index is 0. The lowest BCUT2D eigenvalue weighted by molar-refractivity contribution is 0.420. The van der Waals surface area contributed by atoms with Gasteiger partial charge in [-0.05, 0) is 45.0 Å². The molecule has 2 aliphatic rings. The summed E-state index contributed by atoms with van der Waals surface area (Å²) in [4.78, 5) is 2.55. The molecule has 0 spiro atoms. The minimum absolute atomic E-state index is 0. The average Bonchev–Trinajstić information content (AvgIpc) is 2.66. The number of nitrogens with zero attached hydrogens (tertiary/aromatic N) is 1. The Morgan fingerprint density at radius 3 is 2.56 bits per heavy atom. The molecular formula is C13H21BrClN3. The van der Waals surface area contributed by atoms with E-state index in [0.29, 0.717) is 12.2 Å². The summed E-state index contributed by atoms with van der Waals surface area (Å²) in [5, 5.41) is 6.98. The molecule has 2 aliphatic heterocycles. The Kier molecular flexibility index (Phi) is 5.76. The van der Waals surface area contributed by atoms with Crippen molar-refractivity contribution >= 4 is 40.8 Å². The van der Waals surface area contributed by atoms with E-state index in [1.165, 1.54) is 24.2 Å². The summed E-state index contributed by atoms with van der Waals surface area (Å²) in [5.74, 6) is 0. The molecule has 0 amide bonds. The highest BCUT2D eigenvalue weighted by Crippen LogP contribution is 2.37. The zero-order valence-electron chi connectivity index (χ0n) is 10.6. The van der Waals surface area contributed by atoms with Crippen LogP contribution in [0, 0.1) is 0 Å². The second-order valence-corrected chi connectivity index (χ2v) is 4.73. The first kappa shape index (κ1) is 15.6. The second kappa shape index (κ2) is 6.64. The van der Waals surface area contributed by atoms with Gasteiger partial charge in [0.25, 0.3) is 0 Å². The van der Waals surface area contributed by atoms with Crippen LogP contribution in [0.2, 0.25) is 0 Å². The Bertz CT molecular complexity index is 382. The number of hydrogen-bond donors (Lipinski definition) is 2. The highest BCUT2D eigenvalue weighted by atomic mass is 79.9. The third-order valence-corrected chi connectivity index (χ3v) is 3.67. The number of piperidine rings is 1. The molecule has 0 radical (unpaired) electrons. The topological polar surface area (TPSA) is 27.3 Å². The molecular weight excluding hydrogens is 314 g/mol. The number of rotatable bonds is 1. The number of hydrogen-bond acceptors (Lipinski definition) is 3. The summed E-state index contributed by atoms with van der Waals surface area (Å²) >= 11 is 0. The van der Waals surface area contributed by atoms with Gasteiger partial charge in [-0.25, -0.2) is 0 Å². The molecule has 0 aromatic heterocycles. The predicted molar refractivity (Wildman–Crippen MR) is 85.5 cm³/mol. The fourth-order valence-electron chi connectivity index (χ4n) is 2.92. The molecule has 2 N–H and O–H groups in total. The van der Waals surface area contributed by atoms with Crippen LogP contribution in [0.15, 0.2) is 24.3 Å². The van der Waals surface area contributed by atoms with Crippen molar-refractivity contribution in [2.24, 2.45) is 0 Å². The van der Waals surface area contributed by atoms with E-state index in [-0.39, 0.29) is 29.4 Å². The fourth-order valence-corrected chi connectivity index (χ4v) is 2.92. The number of benzene rings is 1. The van der Waals surface area contributed by atoms with Gasteiger partial charge in [0, 0.05) is 6.04 Å². The van der Waals surface area contributed by atoms with Crippen LogP contribution >= 0.6 is 29.4 Å². The van der Waals surface area contributed by atoms with Crippen LogP contribution in [0.3, 0.4) is 0 Å². The van der Waals surface area contributed by atoms with E-state index in [1.807, 2.05) is 0 Å². The van der Waals surface area contributed by atoms with E-state index in [0.717, 1.165) is 13.1 Å². The minimum Gasteiger partial charge on any atom is -0.364 e. The smallest absolute Gasteiger partial charge is 0.0965 e. The summed E-state index contributed by atoms with van der Waals surface area (Å²) in [5.41, 5.74) is 2.66. The van der Waals surface area contributed by atoms with E-state index in [1.54, 1.807) is 0 Å². The van der Waals surface area contributed by atoms with E-state index in [4.69, 9.17) is 0 Å². The van der Waals surface area contributed by atoms with E-state index < -0.39 is 0 Å². The molecule has 102 valence electrons. The van der Waals surface area contributed by atoms with Crippen LogP contribution in [0.1, 0.15) is 19.8 Å². The van der Waals surface area contributed by atoms with Crippen LogP contribution in [0.25, 0.3) is 0 Å². The fraction of sp³-hybridized carbons (Fsp3) is 0.538. The molecule has 1 fully saturated rings. The number of fused-ring (bicyclic) bond motifs is 1. The van der Waals surface area contributed by atoms with Crippen molar-refractivity contribution in [2.75, 3.05) is 23.3 Å². The Labute approximate surface area is 125 Å². The number of halogens is 2. The van der Waals surface area contributed by atoms with Crippen LogP contribution in [-0.2, 0) is 0 Å². The molecule has 0 bridgehead atoms. The molecule has 0 saturated carbocycles. The molecule has 1 unspecified atom stereocenters. The lowest BCUT2D eigenvalue weighted by Crippen LogP contribution is -2.47. The van der Waals surface area contributed by atoms with Gasteiger partial charge in [0.2, 0.25) is 0 Å². The largest absolute Gasteiger partial charge is 0.364 e. The molecule has 5 heteroatoms. The Morgan fingerprint density at radius 2 is 1.83 bits per heavy atom. The van der Waals surface area contributed by atoms with Crippen molar-refractivity contribution < 1.29 is 0 Å². The third-order valence-electron chi connectivity index (χ3n) is 3.67. The normalized spacial score (nSPS) is 22.5. The van der Waals surface area contributed by atoms with Crippen LogP contribution < -0.4 is 15.5 Å². The predicted octanol–water partition coefficient (Wildman–Crippen LogP) is 3.02. The lowest BCUT2D eigenvalue weighted by atomic mass is 10.0. The van der Waals surface area contributed by atoms with E-state index in [2.05, 4.69) is 46.7 Å². The molecule has 0 aliphatic carbocycles. The molecule has 2 heterocycles. The maximum atomic E-state index is 3.55. The van der Waals surface area contributed by atoms with Crippen molar-refractivity contribution in [2.45, 2.75) is 32.0 Å². The quantitative estimate of drug-likeness (QED) is 0.827. The summed E-state index contributed by atoms with van der Waals surface area (Å²) in [6, 6.07) is 9.32. The number of anilines is 2. The molecule has 1 saturated heterocycles. The van der Waals surface area contributed by atoms with Gasteiger partial charge in [-0.2, -0.15) is 0 Å². The van der Waals surface area contributed by atoms with E-state index in [9.17, 15) is 0 Å². The first-order valence-corrected chi connectivity index (χ1v) is 6.21. The van der Waals surface area contributed by atoms with Gasteiger partial charge in [0.05, 0.1) is 17.5 Å². The lowest BCUT2D eigenvalue weighted by Gasteiger charge is -2.36. The third kappa shape index (κ3) is 2.76. The standard InChI is InChI=1S/C13H19N3.BrH.ClH/c1-10-15-12-4-2-3-5-13(12)16(10)11-6-8-14-9-7-11;;/h2-5,10-11,14-15H,6-9H2,1H3;2*1H. The van der Waals surface area contributed by atoms with Crippen LogP contribution in [0.5, 0.6) is 0 Å². The van der Waals surface area contributed by atoms with Crippen LogP contribution in [-0.4, -0.2) is 25.3 Å². The van der Waals surface area contributed by atoms with Crippen LogP contribution in [0.4, 0.5) is 11.4 Å². The molecule has 18 heavy (non-hydrogen) atoms. The molecule has 1 aromatic rings. The van der Waals surface area contributed by atoms with Gasteiger partial charge >= 0.3 is 0 Å². The maximum Gasteiger partial charge on any atom is 0.0965 e. The molecule has 3 nitrogen and oxygen atoms in total. The van der Waals surface area contributed by atoms with Gasteiger partial charge in [0.15, 0.2) is 0 Å². The van der Waals surface area contributed by atoms with Crippen molar-refractivity contribution in [3.8, 4) is 0 Å². The first-order valence-electron chi connectivity index (χ1n) is 6.21. The molecule has 3 rings (SSSR count). The number of nitrogens with one attached hydrogen (secondary N) is 2. The summed E-state index contributed by atoms with van der Waals surface area (Å²) in [6.07, 6.45) is 2.93. The monoisotopic (exact) mass is 333 g/mol. The van der Waals surface area contributed by atoms with Crippen molar-refractivity contribution in [1.82, 2.24) is 5.32 Å². The van der Waals surface area contributed by atoms with Crippen molar-refractivity contribution in [3.05, 3.63) is 24.3 Å². The highest BCUT2D eigenvalue weighted by Gasteiger charge is 2.31. The molecule has 1 aromatic carbocycles. The second-order valence-electron chi connectivity index (χ2n) is 4.73. The Morgan fingerprint density at radius 1 is 1.17 bits per heavy atom. The Balaban J connectivity index is 0.000000810. The summed E-state index contributed by atoms with van der Waals surface area (Å²) in [7, 11) is 0. The molecule has 1 atom stereocenters. The maximum absolute atomic E-state index is 3.55. The van der Waals surface area contributed by atoms with Gasteiger partial charge in [0.1, 0.15) is 0 Å². The Hall–Kier alpha value is -0.450. The SMILES string of the molecule is Br.CC1Nc2ccccc2N1C1CCNCC1.Cl. The zero-order valence-corrected chi connectivity index (χ0v) is 13.1. The van der Waals surface area contributed by atoms with Crippen molar-refractivity contribution in [3.63, 3.8) is 0 Å². The van der Waals surface area contributed by atoms with Crippen molar-refractivity contribution in [1.29, 1.82) is 0 Å². The first-order chi connectivity index (χ1) is 7.86. The summed E-state index contributed by atoms with van der Waals surface area (Å²) in [6.45, 7) is 4.55. The van der Waals surface area contributed by atoms with Gasteiger partial charge in [-0.3, -0.25) is 0 Å². The van der Waals surface area contributed by atoms with Gasteiger partial charge in [-0.15, -0.1) is 29.4 Å². The zero-order chi connectivity index (χ0) is 11.0. The number of para-hydroxylation sites is 2. The average molecular weight is 335 g/mol.